The normalized spacial score (nSPS) is 22.3. The third-order valence-electron chi connectivity index (χ3n) is 8.87. The summed E-state index contributed by atoms with van der Waals surface area (Å²) in [6, 6.07) is 7.72. The minimum Gasteiger partial charge on any atom is -0.474 e. The third-order valence-corrected chi connectivity index (χ3v) is 8.87. The molecule has 7 rings (SSSR count). The second kappa shape index (κ2) is 10.9. The molecular weight excluding hydrogens is 559 g/mol. The van der Waals surface area contributed by atoms with E-state index in [-0.39, 0.29) is 12.0 Å². The summed E-state index contributed by atoms with van der Waals surface area (Å²) in [6.45, 7) is 1.77. The van der Waals surface area contributed by atoms with Gasteiger partial charge in [0, 0.05) is 61.1 Å². The third kappa shape index (κ3) is 5.69. The molecule has 2 N–H and O–H groups in total. The number of H-pyrrole nitrogens is 1. The first-order chi connectivity index (χ1) is 20.8. The first-order valence-electron chi connectivity index (χ1n) is 14.7. The largest absolute Gasteiger partial charge is 0.474 e. The zero-order valence-corrected chi connectivity index (χ0v) is 23.5. The summed E-state index contributed by atoms with van der Waals surface area (Å²) in [5, 5.41) is 18.5. The van der Waals surface area contributed by atoms with Crippen LogP contribution in [0.4, 0.5) is 13.2 Å². The number of aromatic amines is 1. The van der Waals surface area contributed by atoms with Crippen LogP contribution in [0.3, 0.4) is 0 Å². The molecule has 0 aromatic carbocycles. The molecule has 2 saturated carbocycles. The van der Waals surface area contributed by atoms with E-state index in [9.17, 15) is 18.4 Å². The maximum Gasteiger partial charge on any atom is 0.433 e. The minimum absolute atomic E-state index is 0.0398. The van der Waals surface area contributed by atoms with Crippen molar-refractivity contribution in [1.29, 1.82) is 5.26 Å². The molecular formula is C30H32F3N9O. The molecule has 3 fully saturated rings. The van der Waals surface area contributed by atoms with Crippen molar-refractivity contribution >= 4 is 11.0 Å². The van der Waals surface area contributed by atoms with Gasteiger partial charge in [-0.3, -0.25) is 9.58 Å². The van der Waals surface area contributed by atoms with Crippen LogP contribution >= 0.6 is 0 Å². The molecule has 5 heterocycles. The molecule has 10 nitrogen and oxygen atoms in total. The van der Waals surface area contributed by atoms with E-state index in [0.717, 1.165) is 66.9 Å². The number of halogens is 3. The van der Waals surface area contributed by atoms with Gasteiger partial charge >= 0.3 is 6.18 Å². The predicted molar refractivity (Wildman–Crippen MR) is 151 cm³/mol. The Hall–Kier alpha value is -4.02. The highest BCUT2D eigenvalue weighted by molar-refractivity contribution is 5.90. The summed E-state index contributed by atoms with van der Waals surface area (Å²) in [5.41, 5.74) is 1.62. The minimum atomic E-state index is -4.53. The number of alkyl halides is 3. The van der Waals surface area contributed by atoms with Gasteiger partial charge in [0.15, 0.2) is 0 Å². The maximum absolute atomic E-state index is 13.5. The maximum atomic E-state index is 13.5. The van der Waals surface area contributed by atoms with Gasteiger partial charge in [-0.2, -0.15) is 23.5 Å². The smallest absolute Gasteiger partial charge is 0.433 e. The van der Waals surface area contributed by atoms with Crippen LogP contribution in [0.2, 0.25) is 0 Å². The number of rotatable bonds is 9. The number of nitrogens with zero attached hydrogens (tertiary/aromatic N) is 7. The van der Waals surface area contributed by atoms with Gasteiger partial charge in [-0.25, -0.2) is 15.0 Å². The van der Waals surface area contributed by atoms with Crippen molar-refractivity contribution in [2.45, 2.75) is 81.4 Å². The fraction of sp³-hybridized carbons (Fsp3) is 0.500. The van der Waals surface area contributed by atoms with E-state index >= 15 is 0 Å². The number of hydrogen-bond donors (Lipinski definition) is 2. The lowest BCUT2D eigenvalue weighted by Crippen LogP contribution is -2.65. The molecule has 0 atom stereocenters. The molecule has 0 radical (unpaired) electrons. The SMILES string of the molecule is N#CCC1(n2cc(-c3ncnc4[nH]ccc34)cn2)CN([C@H]2CC[C@@H](Oc3cc(CNC4CC4)cc(C(F)(F)F)n3)CC2)C1. The summed E-state index contributed by atoms with van der Waals surface area (Å²) in [4.78, 5) is 18.0. The second-order valence-corrected chi connectivity index (χ2v) is 12.0. The van der Waals surface area contributed by atoms with Crippen molar-refractivity contribution in [1.82, 2.24) is 39.9 Å². The van der Waals surface area contributed by atoms with Crippen molar-refractivity contribution in [2.24, 2.45) is 0 Å². The number of likely N-dealkylation sites (tertiary alicyclic amines) is 1. The molecule has 0 spiro atoms. The fourth-order valence-electron chi connectivity index (χ4n) is 6.38. The Kier molecular flexibility index (Phi) is 7.05. The summed E-state index contributed by atoms with van der Waals surface area (Å²) >= 11 is 0. The van der Waals surface area contributed by atoms with Gasteiger partial charge in [-0.15, -0.1) is 0 Å². The van der Waals surface area contributed by atoms with Gasteiger partial charge in [0.1, 0.15) is 29.3 Å². The number of nitrogens with one attached hydrogen (secondary N) is 2. The molecule has 0 bridgehead atoms. The molecule has 2 aliphatic carbocycles. The highest BCUT2D eigenvalue weighted by Crippen LogP contribution is 2.39. The van der Waals surface area contributed by atoms with Crippen molar-refractivity contribution in [3.05, 3.63) is 54.4 Å². The highest BCUT2D eigenvalue weighted by atomic mass is 19.4. The number of aromatic nitrogens is 6. The van der Waals surface area contributed by atoms with E-state index in [2.05, 4.69) is 41.3 Å². The Morgan fingerprint density at radius 1 is 1.12 bits per heavy atom. The van der Waals surface area contributed by atoms with Crippen molar-refractivity contribution in [2.75, 3.05) is 13.1 Å². The lowest BCUT2D eigenvalue weighted by molar-refractivity contribution is -0.141. The highest BCUT2D eigenvalue weighted by Gasteiger charge is 2.48. The Balaban J connectivity index is 0.981. The average molecular weight is 592 g/mol. The molecule has 3 aliphatic rings. The van der Waals surface area contributed by atoms with Crippen LogP contribution in [-0.2, 0) is 18.3 Å². The Bertz CT molecular complexity index is 1640. The number of fused-ring (bicyclic) bond motifs is 1. The summed E-state index contributed by atoms with van der Waals surface area (Å²) in [7, 11) is 0. The van der Waals surface area contributed by atoms with Crippen LogP contribution in [0.1, 0.15) is 56.2 Å². The Morgan fingerprint density at radius 2 is 1.93 bits per heavy atom. The number of pyridine rings is 1. The van der Waals surface area contributed by atoms with Gasteiger partial charge in [-0.1, -0.05) is 0 Å². The number of hydrogen-bond acceptors (Lipinski definition) is 8. The van der Waals surface area contributed by atoms with Gasteiger partial charge in [0.05, 0.1) is 24.4 Å². The number of ether oxygens (including phenoxy) is 1. The first kappa shape index (κ1) is 27.8. The van der Waals surface area contributed by atoms with E-state index in [0.29, 0.717) is 43.7 Å². The Morgan fingerprint density at radius 3 is 2.67 bits per heavy atom. The van der Waals surface area contributed by atoms with Crippen LogP contribution in [0.15, 0.2) is 43.1 Å². The van der Waals surface area contributed by atoms with Crippen molar-refractivity contribution in [3.8, 4) is 23.2 Å². The zero-order valence-electron chi connectivity index (χ0n) is 23.5. The molecule has 224 valence electrons. The molecule has 43 heavy (non-hydrogen) atoms. The summed E-state index contributed by atoms with van der Waals surface area (Å²) in [5.74, 6) is 0.0398. The Labute approximate surface area is 246 Å². The van der Waals surface area contributed by atoms with Crippen molar-refractivity contribution < 1.29 is 17.9 Å². The molecule has 0 amide bonds. The monoisotopic (exact) mass is 591 g/mol. The van der Waals surface area contributed by atoms with Crippen LogP contribution in [0, 0.1) is 11.3 Å². The topological polar surface area (TPSA) is 121 Å². The van der Waals surface area contributed by atoms with Gasteiger partial charge in [0.25, 0.3) is 0 Å². The van der Waals surface area contributed by atoms with Crippen LogP contribution in [0.5, 0.6) is 5.88 Å². The van der Waals surface area contributed by atoms with E-state index in [4.69, 9.17) is 4.74 Å². The molecule has 4 aromatic rings. The zero-order chi connectivity index (χ0) is 29.6. The van der Waals surface area contributed by atoms with Crippen LogP contribution in [0.25, 0.3) is 22.3 Å². The van der Waals surface area contributed by atoms with Gasteiger partial charge in [0.2, 0.25) is 5.88 Å². The van der Waals surface area contributed by atoms with E-state index < -0.39 is 17.4 Å². The summed E-state index contributed by atoms with van der Waals surface area (Å²) in [6.07, 6.45) is 8.02. The molecule has 4 aromatic heterocycles. The molecule has 1 saturated heterocycles. The quantitative estimate of drug-likeness (QED) is 0.285. The van der Waals surface area contributed by atoms with E-state index in [1.54, 1.807) is 12.3 Å². The molecule has 13 heteroatoms. The molecule has 0 unspecified atom stereocenters. The predicted octanol–water partition coefficient (Wildman–Crippen LogP) is 4.80. The average Bonchev–Trinajstić information content (AvgIpc) is 3.44. The first-order valence-corrected chi connectivity index (χ1v) is 14.7. The summed E-state index contributed by atoms with van der Waals surface area (Å²) < 4.78 is 48.5. The molecule has 1 aliphatic heterocycles. The lowest BCUT2D eigenvalue weighted by atomic mass is 9.82. The van der Waals surface area contributed by atoms with Gasteiger partial charge in [-0.05, 0) is 56.2 Å². The fourth-order valence-corrected chi connectivity index (χ4v) is 6.38. The number of nitriles is 1. The van der Waals surface area contributed by atoms with Crippen LogP contribution < -0.4 is 10.1 Å². The van der Waals surface area contributed by atoms with E-state index in [1.165, 1.54) is 6.33 Å². The lowest BCUT2D eigenvalue weighted by Gasteiger charge is -2.53. The van der Waals surface area contributed by atoms with Gasteiger partial charge < -0.3 is 15.0 Å². The second-order valence-electron chi connectivity index (χ2n) is 12.0. The van der Waals surface area contributed by atoms with Crippen LogP contribution in [-0.4, -0.2) is 65.9 Å². The standard InChI is InChI=1S/C30H32F3N9O/c31-30(32,33)25-11-19(13-36-21-1-2-21)12-26(40-25)43-23-5-3-22(4-6-23)41-16-29(17-41,8-9-34)42-15-20(14-39-42)27-24-7-10-35-28(24)38-18-37-27/h7,10-12,14-15,18,21-23,36H,1-6,8,13,16-17H2,(H,35,37,38)/t22-,23+. The van der Waals surface area contributed by atoms with E-state index in [1.807, 2.05) is 23.1 Å². The van der Waals surface area contributed by atoms with Crippen molar-refractivity contribution in [3.63, 3.8) is 0 Å².